The van der Waals surface area contributed by atoms with E-state index in [4.69, 9.17) is 4.42 Å². The summed E-state index contributed by atoms with van der Waals surface area (Å²) in [6.07, 6.45) is 6.98. The van der Waals surface area contributed by atoms with Crippen molar-refractivity contribution >= 4 is 17.6 Å². The minimum absolute atomic E-state index is 0.0112. The van der Waals surface area contributed by atoms with Crippen LogP contribution in [0, 0.1) is 5.82 Å². The Morgan fingerprint density at radius 3 is 2.65 bits per heavy atom. The summed E-state index contributed by atoms with van der Waals surface area (Å²) >= 11 is 0. The number of hydrogen-bond acceptors (Lipinski definition) is 6. The minimum atomic E-state index is -0.549. The molecule has 1 saturated heterocycles. The number of aromatic nitrogens is 2. The average Bonchev–Trinajstić information content (AvgIpc) is 3.17. The van der Waals surface area contributed by atoms with E-state index in [0.717, 1.165) is 30.6 Å². The molecule has 0 bridgehead atoms. The summed E-state index contributed by atoms with van der Waals surface area (Å²) in [7, 11) is 0. The number of carbonyl (C=O) groups is 1. The molecule has 0 spiro atoms. The van der Waals surface area contributed by atoms with Crippen LogP contribution >= 0.6 is 0 Å². The molecule has 1 aliphatic rings. The Balaban J connectivity index is 1.34. The zero-order chi connectivity index (χ0) is 23.8. The van der Waals surface area contributed by atoms with Crippen molar-refractivity contribution in [3.05, 3.63) is 59.4 Å². The molecule has 1 fully saturated rings. The van der Waals surface area contributed by atoms with Gasteiger partial charge in [0, 0.05) is 17.8 Å². The van der Waals surface area contributed by atoms with Crippen LogP contribution in [0.3, 0.4) is 0 Å². The van der Waals surface area contributed by atoms with Gasteiger partial charge in [0.2, 0.25) is 5.89 Å². The Kier molecular flexibility index (Phi) is 8.25. The first kappa shape index (κ1) is 23.9. The third-order valence-corrected chi connectivity index (χ3v) is 6.15. The molecule has 4 rings (SSSR count). The van der Waals surface area contributed by atoms with Crippen LogP contribution in [0.15, 0.2) is 46.9 Å². The molecule has 34 heavy (non-hydrogen) atoms. The molecule has 1 aliphatic heterocycles. The van der Waals surface area contributed by atoms with E-state index in [2.05, 4.69) is 25.7 Å². The predicted molar refractivity (Wildman–Crippen MR) is 131 cm³/mol. The SMILES string of the molecule is CCc1cc(-c2nnc(NCCCN3CCCCCC3)o2)ccc1NC(=O)c1ccccc1F. The highest BCUT2D eigenvalue weighted by atomic mass is 19.1. The monoisotopic (exact) mass is 465 g/mol. The van der Waals surface area contributed by atoms with Crippen LogP contribution in [0.25, 0.3) is 11.5 Å². The molecule has 180 valence electrons. The van der Waals surface area contributed by atoms with Gasteiger partial charge in [0.1, 0.15) is 5.82 Å². The van der Waals surface area contributed by atoms with Crippen molar-refractivity contribution in [1.29, 1.82) is 0 Å². The molecule has 0 saturated carbocycles. The Labute approximate surface area is 199 Å². The van der Waals surface area contributed by atoms with E-state index in [1.807, 2.05) is 19.1 Å². The maximum absolute atomic E-state index is 13.9. The van der Waals surface area contributed by atoms with Crippen LogP contribution in [-0.4, -0.2) is 47.2 Å². The van der Waals surface area contributed by atoms with Crippen LogP contribution in [0.2, 0.25) is 0 Å². The first-order valence-corrected chi connectivity index (χ1v) is 12.1. The summed E-state index contributed by atoms with van der Waals surface area (Å²) in [5.74, 6) is -0.617. The van der Waals surface area contributed by atoms with Crippen molar-refractivity contribution in [1.82, 2.24) is 15.1 Å². The van der Waals surface area contributed by atoms with Gasteiger partial charge < -0.3 is 20.0 Å². The summed E-state index contributed by atoms with van der Waals surface area (Å²) in [6.45, 7) is 6.23. The van der Waals surface area contributed by atoms with Crippen LogP contribution in [-0.2, 0) is 6.42 Å². The van der Waals surface area contributed by atoms with Gasteiger partial charge in [-0.05, 0) is 81.2 Å². The van der Waals surface area contributed by atoms with E-state index in [9.17, 15) is 9.18 Å². The molecule has 0 atom stereocenters. The number of nitrogens with zero attached hydrogens (tertiary/aromatic N) is 3. The normalized spacial score (nSPS) is 14.5. The van der Waals surface area contributed by atoms with Gasteiger partial charge in [-0.2, -0.15) is 0 Å². The second-order valence-electron chi connectivity index (χ2n) is 8.61. The fourth-order valence-corrected chi connectivity index (χ4v) is 4.25. The van der Waals surface area contributed by atoms with E-state index in [1.54, 1.807) is 18.2 Å². The van der Waals surface area contributed by atoms with E-state index < -0.39 is 11.7 Å². The molecule has 2 aromatic carbocycles. The number of aryl methyl sites for hydroxylation is 1. The van der Waals surface area contributed by atoms with Gasteiger partial charge >= 0.3 is 6.01 Å². The van der Waals surface area contributed by atoms with E-state index in [-0.39, 0.29) is 5.56 Å². The number of anilines is 2. The number of hydrogen-bond donors (Lipinski definition) is 2. The van der Waals surface area contributed by atoms with Gasteiger partial charge in [0.25, 0.3) is 5.91 Å². The second-order valence-corrected chi connectivity index (χ2v) is 8.61. The number of carbonyl (C=O) groups excluding carboxylic acids is 1. The minimum Gasteiger partial charge on any atom is -0.403 e. The third kappa shape index (κ3) is 6.20. The van der Waals surface area contributed by atoms with Gasteiger partial charge in [-0.25, -0.2) is 4.39 Å². The first-order valence-electron chi connectivity index (χ1n) is 12.1. The number of benzene rings is 2. The standard InChI is InChI=1S/C26H32FN5O2/c1-2-19-18-20(12-13-23(19)29-24(33)21-10-5-6-11-22(21)27)25-30-31-26(34-25)28-14-9-17-32-15-7-3-4-8-16-32/h5-6,10-13,18H,2-4,7-9,14-17H2,1H3,(H,28,31)(H,29,33). The zero-order valence-electron chi connectivity index (χ0n) is 19.6. The topological polar surface area (TPSA) is 83.3 Å². The van der Waals surface area contributed by atoms with Gasteiger partial charge in [-0.3, -0.25) is 4.79 Å². The van der Waals surface area contributed by atoms with Crippen LogP contribution in [0.5, 0.6) is 0 Å². The fourth-order valence-electron chi connectivity index (χ4n) is 4.25. The number of halogens is 1. The lowest BCUT2D eigenvalue weighted by atomic mass is 10.1. The van der Waals surface area contributed by atoms with Crippen molar-refractivity contribution in [2.75, 3.05) is 36.8 Å². The lowest BCUT2D eigenvalue weighted by Gasteiger charge is -2.19. The lowest BCUT2D eigenvalue weighted by Crippen LogP contribution is -2.27. The number of amides is 1. The highest BCUT2D eigenvalue weighted by Crippen LogP contribution is 2.26. The quantitative estimate of drug-likeness (QED) is 0.414. The predicted octanol–water partition coefficient (Wildman–Crippen LogP) is 5.37. The Bertz CT molecular complexity index is 1090. The highest BCUT2D eigenvalue weighted by Gasteiger charge is 2.15. The van der Waals surface area contributed by atoms with E-state index >= 15 is 0 Å². The summed E-state index contributed by atoms with van der Waals surface area (Å²) in [4.78, 5) is 15.0. The fraction of sp³-hybridized carbons (Fsp3) is 0.423. The molecule has 1 aromatic heterocycles. The third-order valence-electron chi connectivity index (χ3n) is 6.15. The molecule has 2 N–H and O–H groups in total. The van der Waals surface area contributed by atoms with Crippen molar-refractivity contribution in [2.24, 2.45) is 0 Å². The molecule has 7 nitrogen and oxygen atoms in total. The second kappa shape index (κ2) is 11.7. The molecule has 0 radical (unpaired) electrons. The summed E-state index contributed by atoms with van der Waals surface area (Å²) in [5, 5.41) is 14.3. The summed E-state index contributed by atoms with van der Waals surface area (Å²) in [6, 6.07) is 11.8. The molecule has 1 amide bonds. The van der Waals surface area contributed by atoms with Crippen LogP contribution in [0.4, 0.5) is 16.1 Å². The summed E-state index contributed by atoms with van der Waals surface area (Å²) < 4.78 is 19.7. The first-order chi connectivity index (χ1) is 16.6. The molecular weight excluding hydrogens is 433 g/mol. The lowest BCUT2D eigenvalue weighted by molar-refractivity contribution is 0.102. The van der Waals surface area contributed by atoms with Gasteiger partial charge in [0.15, 0.2) is 0 Å². The van der Waals surface area contributed by atoms with E-state index in [0.29, 0.717) is 24.0 Å². The van der Waals surface area contributed by atoms with Gasteiger partial charge in [-0.1, -0.05) is 37.0 Å². The van der Waals surface area contributed by atoms with Gasteiger partial charge in [0.05, 0.1) is 5.56 Å². The van der Waals surface area contributed by atoms with Crippen molar-refractivity contribution in [2.45, 2.75) is 45.4 Å². The van der Waals surface area contributed by atoms with Crippen molar-refractivity contribution in [3.8, 4) is 11.5 Å². The van der Waals surface area contributed by atoms with Crippen molar-refractivity contribution < 1.29 is 13.6 Å². The average molecular weight is 466 g/mol. The highest BCUT2D eigenvalue weighted by molar-refractivity contribution is 6.04. The van der Waals surface area contributed by atoms with Crippen LogP contribution in [0.1, 0.15) is 54.9 Å². The molecule has 8 heteroatoms. The zero-order valence-corrected chi connectivity index (χ0v) is 19.6. The Hall–Kier alpha value is -3.26. The molecular formula is C26H32FN5O2. The largest absolute Gasteiger partial charge is 0.403 e. The molecule has 0 unspecified atom stereocenters. The molecule has 2 heterocycles. The maximum Gasteiger partial charge on any atom is 0.315 e. The Morgan fingerprint density at radius 1 is 1.09 bits per heavy atom. The van der Waals surface area contributed by atoms with Gasteiger partial charge in [-0.15, -0.1) is 5.10 Å². The number of rotatable bonds is 9. The number of likely N-dealkylation sites (tertiary alicyclic amines) is 1. The Morgan fingerprint density at radius 2 is 1.88 bits per heavy atom. The summed E-state index contributed by atoms with van der Waals surface area (Å²) in [5.41, 5.74) is 2.31. The molecule has 3 aromatic rings. The molecule has 0 aliphatic carbocycles. The van der Waals surface area contributed by atoms with E-state index in [1.165, 1.54) is 50.9 Å². The maximum atomic E-state index is 13.9. The smallest absolute Gasteiger partial charge is 0.315 e. The van der Waals surface area contributed by atoms with Crippen molar-refractivity contribution in [3.63, 3.8) is 0 Å². The number of nitrogens with one attached hydrogen (secondary N) is 2. The van der Waals surface area contributed by atoms with Crippen LogP contribution < -0.4 is 10.6 Å².